The first kappa shape index (κ1) is 19.4. The second-order valence-electron chi connectivity index (χ2n) is 6.24. The molecule has 0 aliphatic carbocycles. The zero-order valence-electron chi connectivity index (χ0n) is 14.0. The quantitative estimate of drug-likeness (QED) is 0.578. The van der Waals surface area contributed by atoms with E-state index in [2.05, 4.69) is 5.32 Å². The maximum atomic E-state index is 12.0. The fourth-order valence-electron chi connectivity index (χ4n) is 2.83. The van der Waals surface area contributed by atoms with Crippen LogP contribution in [0.1, 0.15) is 18.4 Å². The Hall–Kier alpha value is -1.97. The van der Waals surface area contributed by atoms with E-state index in [9.17, 15) is 18.0 Å². The number of benzene rings is 1. The van der Waals surface area contributed by atoms with Crippen molar-refractivity contribution in [2.45, 2.75) is 24.2 Å². The molecule has 0 unspecified atom stereocenters. The van der Waals surface area contributed by atoms with Crippen molar-refractivity contribution in [2.75, 3.05) is 26.2 Å². The normalized spacial score (nSPS) is 16.5. The fraction of sp³-hybridized carbons (Fsp3) is 0.500. The van der Waals surface area contributed by atoms with Crippen molar-refractivity contribution in [3.63, 3.8) is 0 Å². The molecule has 2 rings (SSSR count). The van der Waals surface area contributed by atoms with Gasteiger partial charge >= 0.3 is 0 Å². The molecule has 0 saturated carbocycles. The molecule has 5 N–H and O–H groups in total. The van der Waals surface area contributed by atoms with Crippen molar-refractivity contribution in [1.29, 1.82) is 0 Å². The van der Waals surface area contributed by atoms with Gasteiger partial charge in [-0.15, -0.1) is 0 Å². The van der Waals surface area contributed by atoms with Crippen LogP contribution < -0.4 is 16.2 Å². The van der Waals surface area contributed by atoms with Crippen molar-refractivity contribution in [3.05, 3.63) is 29.8 Å². The Kier molecular flexibility index (Phi) is 6.51. The number of hydrogen-bond donors (Lipinski definition) is 3. The number of nitrogens with two attached hydrogens (primary N) is 2. The summed E-state index contributed by atoms with van der Waals surface area (Å²) in [4.78, 5) is 25.2. The summed E-state index contributed by atoms with van der Waals surface area (Å²) < 4.78 is 22.4. The van der Waals surface area contributed by atoms with E-state index in [0.717, 1.165) is 5.56 Å². The van der Waals surface area contributed by atoms with Crippen LogP contribution in [0.3, 0.4) is 0 Å². The molecule has 1 heterocycles. The molecular weight excluding hydrogens is 344 g/mol. The van der Waals surface area contributed by atoms with Crippen LogP contribution in [0.5, 0.6) is 0 Å². The average Bonchev–Trinajstić information content (AvgIpc) is 2.55. The molecule has 25 heavy (non-hydrogen) atoms. The third-order valence-corrected chi connectivity index (χ3v) is 5.27. The largest absolute Gasteiger partial charge is 0.369 e. The smallest absolute Gasteiger partial charge is 0.238 e. The van der Waals surface area contributed by atoms with E-state index in [0.29, 0.717) is 45.4 Å². The van der Waals surface area contributed by atoms with Gasteiger partial charge in [-0.3, -0.25) is 14.5 Å². The monoisotopic (exact) mass is 368 g/mol. The van der Waals surface area contributed by atoms with E-state index >= 15 is 0 Å². The minimum atomic E-state index is -3.68. The molecule has 2 amide bonds. The summed E-state index contributed by atoms with van der Waals surface area (Å²) in [5.41, 5.74) is 6.20. The van der Waals surface area contributed by atoms with E-state index in [1.54, 1.807) is 12.1 Å². The third-order valence-electron chi connectivity index (χ3n) is 4.34. The molecule has 0 atom stereocenters. The van der Waals surface area contributed by atoms with Gasteiger partial charge in [-0.1, -0.05) is 12.1 Å². The molecule has 138 valence electrons. The van der Waals surface area contributed by atoms with E-state index < -0.39 is 10.0 Å². The molecule has 1 aromatic carbocycles. The molecule has 1 aliphatic heterocycles. The average molecular weight is 368 g/mol. The predicted octanol–water partition coefficient (Wildman–Crippen LogP) is -0.810. The summed E-state index contributed by atoms with van der Waals surface area (Å²) in [6.07, 6.45) is 1.98. The van der Waals surface area contributed by atoms with Gasteiger partial charge in [0.1, 0.15) is 0 Å². The molecule has 1 saturated heterocycles. The van der Waals surface area contributed by atoms with Gasteiger partial charge in [0.25, 0.3) is 0 Å². The van der Waals surface area contributed by atoms with E-state index in [4.69, 9.17) is 10.9 Å². The second-order valence-corrected chi connectivity index (χ2v) is 7.80. The molecular formula is C16H24N4O4S. The number of piperidine rings is 1. The summed E-state index contributed by atoms with van der Waals surface area (Å²) in [6, 6.07) is 6.27. The van der Waals surface area contributed by atoms with Crippen LogP contribution in [0.4, 0.5) is 0 Å². The Morgan fingerprint density at radius 1 is 1.16 bits per heavy atom. The van der Waals surface area contributed by atoms with Crippen LogP contribution in [0, 0.1) is 5.92 Å². The first-order valence-corrected chi connectivity index (χ1v) is 9.70. The summed E-state index contributed by atoms with van der Waals surface area (Å²) in [5.74, 6) is -0.421. The highest BCUT2D eigenvalue weighted by atomic mass is 32.2. The van der Waals surface area contributed by atoms with Crippen molar-refractivity contribution < 1.29 is 18.0 Å². The lowest BCUT2D eigenvalue weighted by atomic mass is 9.96. The number of primary amides is 1. The summed E-state index contributed by atoms with van der Waals surface area (Å²) in [6.45, 7) is 2.15. The van der Waals surface area contributed by atoms with Gasteiger partial charge in [-0.2, -0.15) is 0 Å². The first-order valence-electron chi connectivity index (χ1n) is 8.16. The summed E-state index contributed by atoms with van der Waals surface area (Å²) in [5, 5.41) is 7.89. The maximum Gasteiger partial charge on any atom is 0.238 e. The highest BCUT2D eigenvalue weighted by Gasteiger charge is 2.23. The van der Waals surface area contributed by atoms with Gasteiger partial charge in [0.15, 0.2) is 0 Å². The molecule has 0 radical (unpaired) electrons. The number of nitrogens with one attached hydrogen (secondary N) is 1. The maximum absolute atomic E-state index is 12.0. The van der Waals surface area contributed by atoms with Crippen LogP contribution >= 0.6 is 0 Å². The van der Waals surface area contributed by atoms with Crippen molar-refractivity contribution in [2.24, 2.45) is 16.8 Å². The Labute approximate surface area is 147 Å². The fourth-order valence-corrected chi connectivity index (χ4v) is 3.34. The number of primary sulfonamides is 1. The summed E-state index contributed by atoms with van der Waals surface area (Å²) >= 11 is 0. The van der Waals surface area contributed by atoms with E-state index in [1.807, 2.05) is 4.90 Å². The van der Waals surface area contributed by atoms with Gasteiger partial charge in [0.2, 0.25) is 21.8 Å². The number of hydrogen-bond acceptors (Lipinski definition) is 5. The lowest BCUT2D eigenvalue weighted by Gasteiger charge is -2.29. The number of sulfonamides is 1. The van der Waals surface area contributed by atoms with Crippen LogP contribution in [0.2, 0.25) is 0 Å². The summed E-state index contributed by atoms with van der Waals surface area (Å²) in [7, 11) is -3.68. The zero-order chi connectivity index (χ0) is 18.4. The van der Waals surface area contributed by atoms with E-state index in [1.165, 1.54) is 12.1 Å². The lowest BCUT2D eigenvalue weighted by Crippen LogP contribution is -2.43. The van der Waals surface area contributed by atoms with Gasteiger partial charge in [-0.05, 0) is 50.0 Å². The number of likely N-dealkylation sites (tertiary alicyclic amines) is 1. The van der Waals surface area contributed by atoms with Gasteiger partial charge in [-0.25, -0.2) is 13.6 Å². The number of amides is 2. The minimum absolute atomic E-state index is 0.0691. The molecule has 8 nitrogen and oxygen atoms in total. The van der Waals surface area contributed by atoms with Crippen LogP contribution in [0.25, 0.3) is 0 Å². The van der Waals surface area contributed by atoms with Crippen molar-refractivity contribution in [3.8, 4) is 0 Å². The van der Waals surface area contributed by atoms with Gasteiger partial charge in [0.05, 0.1) is 11.4 Å². The Balaban J connectivity index is 1.70. The first-order chi connectivity index (χ1) is 11.8. The van der Waals surface area contributed by atoms with Gasteiger partial charge in [0, 0.05) is 12.5 Å². The SMILES string of the molecule is NC(=O)C1CCN(CC(=O)NCCc2ccc(S(N)(=O)=O)cc2)CC1. The lowest BCUT2D eigenvalue weighted by molar-refractivity contribution is -0.124. The number of rotatable bonds is 7. The minimum Gasteiger partial charge on any atom is -0.369 e. The molecule has 1 aliphatic rings. The third kappa shape index (κ3) is 6.11. The van der Waals surface area contributed by atoms with Gasteiger partial charge < -0.3 is 11.1 Å². The Morgan fingerprint density at radius 3 is 2.28 bits per heavy atom. The van der Waals surface area contributed by atoms with Crippen molar-refractivity contribution in [1.82, 2.24) is 10.2 Å². The van der Waals surface area contributed by atoms with Crippen LogP contribution in [-0.2, 0) is 26.0 Å². The number of nitrogens with zero attached hydrogens (tertiary/aromatic N) is 1. The van der Waals surface area contributed by atoms with E-state index in [-0.39, 0.29) is 22.6 Å². The standard InChI is InChI=1S/C16H24N4O4S/c17-16(22)13-6-9-20(10-7-13)11-15(21)19-8-5-12-1-3-14(4-2-12)25(18,23)24/h1-4,13H,5-11H2,(H2,17,22)(H,19,21)(H2,18,23,24). The molecule has 0 aromatic heterocycles. The molecule has 9 heteroatoms. The molecule has 0 bridgehead atoms. The highest BCUT2D eigenvalue weighted by molar-refractivity contribution is 7.89. The number of carbonyl (C=O) groups is 2. The Morgan fingerprint density at radius 2 is 1.76 bits per heavy atom. The van der Waals surface area contributed by atoms with Crippen LogP contribution in [-0.4, -0.2) is 51.3 Å². The number of carbonyl (C=O) groups excluding carboxylic acids is 2. The topological polar surface area (TPSA) is 136 Å². The zero-order valence-corrected chi connectivity index (χ0v) is 14.8. The molecule has 1 fully saturated rings. The molecule has 0 spiro atoms. The predicted molar refractivity (Wildman–Crippen MR) is 92.9 cm³/mol. The van der Waals surface area contributed by atoms with Crippen LogP contribution in [0.15, 0.2) is 29.2 Å². The Bertz CT molecular complexity index is 710. The second kappa shape index (κ2) is 8.41. The highest BCUT2D eigenvalue weighted by Crippen LogP contribution is 2.16. The molecule has 1 aromatic rings. The van der Waals surface area contributed by atoms with Crippen molar-refractivity contribution >= 4 is 21.8 Å².